The van der Waals surface area contributed by atoms with Crippen molar-refractivity contribution in [1.82, 2.24) is 10.2 Å². The second-order valence-corrected chi connectivity index (χ2v) is 7.53. The smallest absolute Gasteiger partial charge is 0.0845 e. The largest absolute Gasteiger partial charge is 0.281 e. The molecule has 22 heavy (non-hydrogen) atoms. The molecule has 1 aromatic rings. The Morgan fingerprint density at radius 2 is 1.68 bits per heavy atom. The molecule has 2 heterocycles. The zero-order chi connectivity index (χ0) is 17.0. The monoisotopic (exact) mass is 299 g/mol. The standard InChI is InChI=1S/C10H15N.C9H14N2/c1-5-9-6-8(7-11-9)10(2,3)4;1-5-7-6-8(11-10-7)9(2,3)4/h5-6H,1,7H2,2-4H3;5-6H,1H2,2-4H3,(H,10,11). The van der Waals surface area contributed by atoms with Crippen molar-refractivity contribution >= 4 is 11.8 Å². The van der Waals surface area contributed by atoms with Crippen LogP contribution in [0.25, 0.3) is 6.08 Å². The van der Waals surface area contributed by atoms with Gasteiger partial charge in [0.15, 0.2) is 0 Å². The van der Waals surface area contributed by atoms with E-state index < -0.39 is 0 Å². The summed E-state index contributed by atoms with van der Waals surface area (Å²) in [5.41, 5.74) is 4.88. The molecule has 0 saturated heterocycles. The van der Waals surface area contributed by atoms with Gasteiger partial charge in [0.05, 0.1) is 18.0 Å². The second-order valence-electron chi connectivity index (χ2n) is 7.53. The Kier molecular flexibility index (Phi) is 5.70. The molecular formula is C19H29N3. The molecule has 0 atom stereocenters. The highest BCUT2D eigenvalue weighted by Crippen LogP contribution is 2.27. The summed E-state index contributed by atoms with van der Waals surface area (Å²) in [4.78, 5) is 4.31. The van der Waals surface area contributed by atoms with Crippen LogP contribution in [0.1, 0.15) is 52.9 Å². The molecule has 0 bridgehead atoms. The van der Waals surface area contributed by atoms with Crippen molar-refractivity contribution in [2.24, 2.45) is 10.4 Å². The van der Waals surface area contributed by atoms with Gasteiger partial charge in [-0.15, -0.1) is 0 Å². The van der Waals surface area contributed by atoms with Crippen LogP contribution in [0, 0.1) is 5.41 Å². The van der Waals surface area contributed by atoms with Crippen molar-refractivity contribution in [1.29, 1.82) is 0 Å². The molecule has 0 aromatic carbocycles. The van der Waals surface area contributed by atoms with Gasteiger partial charge in [0.2, 0.25) is 0 Å². The lowest BCUT2D eigenvalue weighted by atomic mass is 9.87. The van der Waals surface area contributed by atoms with Gasteiger partial charge in [-0.05, 0) is 35.3 Å². The quantitative estimate of drug-likeness (QED) is 0.824. The first-order valence-corrected chi connectivity index (χ1v) is 7.64. The highest BCUT2D eigenvalue weighted by Gasteiger charge is 2.19. The lowest BCUT2D eigenvalue weighted by Crippen LogP contribution is -2.11. The topological polar surface area (TPSA) is 41.0 Å². The van der Waals surface area contributed by atoms with Crippen molar-refractivity contribution in [2.45, 2.75) is 47.0 Å². The van der Waals surface area contributed by atoms with Crippen LogP contribution in [-0.2, 0) is 5.41 Å². The fourth-order valence-electron chi connectivity index (χ4n) is 1.85. The van der Waals surface area contributed by atoms with E-state index in [4.69, 9.17) is 0 Å². The van der Waals surface area contributed by atoms with E-state index in [-0.39, 0.29) is 10.8 Å². The molecule has 0 fully saturated rings. The fraction of sp³-hybridized carbons (Fsp3) is 0.474. The van der Waals surface area contributed by atoms with E-state index in [2.05, 4.69) is 76.0 Å². The summed E-state index contributed by atoms with van der Waals surface area (Å²) in [5.74, 6) is 0. The number of nitrogens with zero attached hydrogens (tertiary/aromatic N) is 2. The fourth-order valence-corrected chi connectivity index (χ4v) is 1.85. The van der Waals surface area contributed by atoms with E-state index >= 15 is 0 Å². The summed E-state index contributed by atoms with van der Waals surface area (Å²) in [6.45, 7) is 21.2. The lowest BCUT2D eigenvalue weighted by Gasteiger charge is -2.18. The van der Waals surface area contributed by atoms with Gasteiger partial charge in [-0.1, -0.05) is 54.7 Å². The van der Waals surface area contributed by atoms with Gasteiger partial charge in [-0.25, -0.2) is 0 Å². The van der Waals surface area contributed by atoms with Gasteiger partial charge in [0.25, 0.3) is 0 Å². The molecule has 0 aliphatic carbocycles. The molecule has 0 saturated carbocycles. The second kappa shape index (κ2) is 6.91. The Morgan fingerprint density at radius 1 is 1.05 bits per heavy atom. The van der Waals surface area contributed by atoms with Crippen molar-refractivity contribution < 1.29 is 0 Å². The molecule has 0 radical (unpaired) electrons. The van der Waals surface area contributed by atoms with E-state index in [0.29, 0.717) is 0 Å². The first kappa shape index (κ1) is 18.1. The van der Waals surface area contributed by atoms with Gasteiger partial charge in [0.1, 0.15) is 0 Å². The van der Waals surface area contributed by atoms with Crippen LogP contribution in [0.4, 0.5) is 0 Å². The predicted octanol–water partition coefficient (Wildman–Crippen LogP) is 4.95. The van der Waals surface area contributed by atoms with Crippen LogP contribution in [0.3, 0.4) is 0 Å². The van der Waals surface area contributed by atoms with Gasteiger partial charge < -0.3 is 0 Å². The number of nitrogens with one attached hydrogen (secondary N) is 1. The van der Waals surface area contributed by atoms with Gasteiger partial charge >= 0.3 is 0 Å². The molecule has 0 amide bonds. The summed E-state index contributed by atoms with van der Waals surface area (Å²) >= 11 is 0. The van der Waals surface area contributed by atoms with E-state index in [9.17, 15) is 0 Å². The predicted molar refractivity (Wildman–Crippen MR) is 97.4 cm³/mol. The van der Waals surface area contributed by atoms with Crippen LogP contribution in [0.15, 0.2) is 41.9 Å². The van der Waals surface area contributed by atoms with Crippen LogP contribution in [-0.4, -0.2) is 22.5 Å². The van der Waals surface area contributed by atoms with Crippen molar-refractivity contribution in [3.63, 3.8) is 0 Å². The normalized spacial score (nSPS) is 14.6. The highest BCUT2D eigenvalue weighted by atomic mass is 15.1. The number of aromatic nitrogens is 2. The minimum Gasteiger partial charge on any atom is -0.281 e. The first-order valence-electron chi connectivity index (χ1n) is 7.64. The number of H-pyrrole nitrogens is 1. The zero-order valence-corrected chi connectivity index (χ0v) is 14.8. The van der Waals surface area contributed by atoms with Crippen LogP contribution >= 0.6 is 0 Å². The maximum atomic E-state index is 4.31. The minimum atomic E-state index is 0.147. The molecule has 1 aliphatic rings. The van der Waals surface area contributed by atoms with Crippen molar-refractivity contribution in [2.75, 3.05) is 6.54 Å². The summed E-state index contributed by atoms with van der Waals surface area (Å²) in [7, 11) is 0. The molecule has 2 rings (SSSR count). The Bertz CT molecular complexity index is 587. The molecule has 0 spiro atoms. The Labute approximate surface area is 134 Å². The maximum absolute atomic E-state index is 4.31. The molecule has 3 heteroatoms. The van der Waals surface area contributed by atoms with Crippen LogP contribution in [0.5, 0.6) is 0 Å². The van der Waals surface area contributed by atoms with E-state index in [1.165, 1.54) is 5.57 Å². The molecule has 0 unspecified atom stereocenters. The average Bonchev–Trinajstić information content (AvgIpc) is 3.07. The third-order valence-electron chi connectivity index (χ3n) is 3.54. The average molecular weight is 299 g/mol. The first-order chi connectivity index (χ1) is 10.1. The Morgan fingerprint density at radius 3 is 1.95 bits per heavy atom. The molecule has 1 aromatic heterocycles. The van der Waals surface area contributed by atoms with Crippen molar-refractivity contribution in [3.05, 3.63) is 48.3 Å². The third-order valence-corrected chi connectivity index (χ3v) is 3.54. The third kappa shape index (κ3) is 5.14. The number of rotatable bonds is 2. The number of hydrogen-bond acceptors (Lipinski definition) is 2. The van der Waals surface area contributed by atoms with Gasteiger partial charge in [-0.2, -0.15) is 5.10 Å². The van der Waals surface area contributed by atoms with Gasteiger partial charge in [0, 0.05) is 11.1 Å². The molecular weight excluding hydrogens is 270 g/mol. The summed E-state index contributed by atoms with van der Waals surface area (Å²) in [6.07, 6.45) is 5.68. The highest BCUT2D eigenvalue weighted by molar-refractivity contribution is 6.05. The van der Waals surface area contributed by atoms with E-state index in [1.54, 1.807) is 12.2 Å². The molecule has 1 N–H and O–H groups in total. The SMILES string of the molecule is C=CC1=NCC(C(C)(C)C)=C1.C=Cc1cc(C(C)(C)C)[nH]n1. The summed E-state index contributed by atoms with van der Waals surface area (Å²) in [5, 5.41) is 7.03. The van der Waals surface area contributed by atoms with Crippen LogP contribution < -0.4 is 0 Å². The summed E-state index contributed by atoms with van der Waals surface area (Å²) < 4.78 is 0. The molecule has 1 aliphatic heterocycles. The van der Waals surface area contributed by atoms with E-state index in [1.807, 2.05) is 6.07 Å². The van der Waals surface area contributed by atoms with Crippen LogP contribution in [0.2, 0.25) is 0 Å². The Balaban J connectivity index is 0.000000220. The van der Waals surface area contributed by atoms with Gasteiger partial charge in [-0.3, -0.25) is 10.1 Å². The number of aliphatic imine (C=N–C) groups is 1. The minimum absolute atomic E-state index is 0.147. The Hall–Kier alpha value is -1.90. The van der Waals surface area contributed by atoms with E-state index in [0.717, 1.165) is 23.6 Å². The molecule has 3 nitrogen and oxygen atoms in total. The lowest BCUT2D eigenvalue weighted by molar-refractivity contribution is 0.499. The van der Waals surface area contributed by atoms with Crippen molar-refractivity contribution in [3.8, 4) is 0 Å². The summed E-state index contributed by atoms with van der Waals surface area (Å²) in [6, 6.07) is 2.02. The molecule has 120 valence electrons. The zero-order valence-electron chi connectivity index (χ0n) is 14.8. The number of hydrogen-bond donors (Lipinski definition) is 1. The number of aromatic amines is 1. The maximum Gasteiger partial charge on any atom is 0.0845 e. The number of allylic oxidation sites excluding steroid dienone is 2.